The van der Waals surface area contributed by atoms with Crippen LogP contribution >= 0.6 is 12.4 Å². The van der Waals surface area contributed by atoms with E-state index >= 15 is 0 Å². The molecule has 4 aromatic heterocycles. The van der Waals surface area contributed by atoms with Crippen LogP contribution in [-0.4, -0.2) is 51.1 Å². The summed E-state index contributed by atoms with van der Waals surface area (Å²) in [5, 5.41) is 2.49. The summed E-state index contributed by atoms with van der Waals surface area (Å²) in [4.78, 5) is 27.6. The van der Waals surface area contributed by atoms with E-state index in [1.54, 1.807) is 60.7 Å². The van der Waals surface area contributed by atoms with Crippen LogP contribution in [0.2, 0.25) is 0 Å². The van der Waals surface area contributed by atoms with E-state index in [1.165, 1.54) is 24.8 Å². The topological polar surface area (TPSA) is 185 Å². The van der Waals surface area contributed by atoms with Gasteiger partial charge in [-0.15, -0.1) is 12.4 Å². The van der Waals surface area contributed by atoms with Gasteiger partial charge in [0.15, 0.2) is 11.3 Å². The number of nitrogens with zero attached hydrogens (tertiary/aromatic N) is 6. The number of nitrogens with two attached hydrogens (primary N) is 1. The van der Waals surface area contributed by atoms with Gasteiger partial charge in [0.2, 0.25) is 6.41 Å². The fourth-order valence-corrected chi connectivity index (χ4v) is 6.81. The highest BCUT2D eigenvalue weighted by molar-refractivity contribution is 7.90. The van der Waals surface area contributed by atoms with Gasteiger partial charge in [0, 0.05) is 18.9 Å². The van der Waals surface area contributed by atoms with Crippen LogP contribution in [-0.2, 0) is 37.9 Å². The van der Waals surface area contributed by atoms with Crippen molar-refractivity contribution >= 4 is 61.2 Å². The SMILES string of the molecule is Cc1ccc(S(=O)(=O)n2ccc3nc(CN)cnc32)cc1.Cc1ccc(S(=O)(=O)n2ccc3nc(CNC=O)cnc32)cc1.Cl. The number of fused-ring (bicyclic) bond motifs is 2. The number of rotatable bonds is 8. The minimum absolute atomic E-state index is 0. The quantitative estimate of drug-likeness (QED) is 0.228. The van der Waals surface area contributed by atoms with Crippen LogP contribution in [0.1, 0.15) is 22.5 Å². The molecule has 0 bridgehead atoms. The first-order chi connectivity index (χ1) is 21.0. The summed E-state index contributed by atoms with van der Waals surface area (Å²) in [5.41, 5.74) is 10.2. The molecule has 0 spiro atoms. The van der Waals surface area contributed by atoms with E-state index in [1.807, 2.05) is 13.8 Å². The number of aryl methyl sites for hydroxylation is 2. The summed E-state index contributed by atoms with van der Waals surface area (Å²) in [6.07, 6.45) is 6.39. The van der Waals surface area contributed by atoms with Crippen LogP contribution in [0.3, 0.4) is 0 Å². The van der Waals surface area contributed by atoms with Gasteiger partial charge in [-0.3, -0.25) is 4.79 Å². The van der Waals surface area contributed by atoms with Gasteiger partial charge in [-0.25, -0.2) is 44.7 Å². The molecule has 2 aromatic carbocycles. The van der Waals surface area contributed by atoms with E-state index in [9.17, 15) is 21.6 Å². The van der Waals surface area contributed by atoms with Gasteiger partial charge >= 0.3 is 0 Å². The molecule has 0 saturated heterocycles. The zero-order valence-electron chi connectivity index (χ0n) is 24.1. The molecule has 6 aromatic rings. The Hall–Kier alpha value is -4.70. The van der Waals surface area contributed by atoms with E-state index in [4.69, 9.17) is 5.73 Å². The average molecular weight is 669 g/mol. The molecule has 0 fully saturated rings. The number of carbonyl (C=O) groups excluding carboxylic acids is 1. The van der Waals surface area contributed by atoms with Crippen molar-refractivity contribution in [1.82, 2.24) is 33.2 Å². The van der Waals surface area contributed by atoms with Crippen molar-refractivity contribution in [2.75, 3.05) is 0 Å². The predicted octanol–water partition coefficient (Wildman–Crippen LogP) is 3.08. The largest absolute Gasteiger partial charge is 0.353 e. The van der Waals surface area contributed by atoms with Gasteiger partial charge in [0.05, 0.1) is 40.1 Å². The van der Waals surface area contributed by atoms with Crippen molar-refractivity contribution in [2.24, 2.45) is 5.73 Å². The standard InChI is InChI=1S/C15H14N4O3S.C14H14N4O2S.ClH/c1-11-2-4-13(5-3-11)23(21,22)19-7-6-14-15(19)17-9-12(18-14)8-16-10-20;1-10-2-4-12(5-3-10)21(19,20)18-7-6-13-14(18)16-9-11(8-15)17-13;/h2-7,9-10H,8H2,1H3,(H,16,20);2-7,9H,8,15H2,1H3;1H. The Morgan fingerprint density at radius 2 is 1.13 bits per heavy atom. The first-order valence-electron chi connectivity index (χ1n) is 13.2. The lowest BCUT2D eigenvalue weighted by Gasteiger charge is -2.07. The molecule has 4 heterocycles. The Morgan fingerprint density at radius 3 is 1.56 bits per heavy atom. The molecule has 0 atom stereocenters. The third-order valence-corrected chi connectivity index (χ3v) is 9.90. The summed E-state index contributed by atoms with van der Waals surface area (Å²) < 4.78 is 53.0. The van der Waals surface area contributed by atoms with Gasteiger partial charge in [-0.2, -0.15) is 0 Å². The van der Waals surface area contributed by atoms with Crippen LogP contribution in [0, 0.1) is 13.8 Å². The van der Waals surface area contributed by atoms with Crippen LogP contribution in [0.4, 0.5) is 0 Å². The van der Waals surface area contributed by atoms with Gasteiger partial charge < -0.3 is 11.1 Å². The summed E-state index contributed by atoms with van der Waals surface area (Å²) in [7, 11) is -7.40. The molecular weight excluding hydrogens is 640 g/mol. The molecule has 13 nitrogen and oxygen atoms in total. The van der Waals surface area contributed by atoms with Crippen molar-refractivity contribution in [2.45, 2.75) is 36.7 Å². The normalized spacial score (nSPS) is 11.4. The third kappa shape index (κ3) is 6.86. The minimum Gasteiger partial charge on any atom is -0.353 e. The lowest BCUT2D eigenvalue weighted by Crippen LogP contribution is -2.14. The predicted molar refractivity (Wildman–Crippen MR) is 171 cm³/mol. The smallest absolute Gasteiger partial charge is 0.269 e. The van der Waals surface area contributed by atoms with E-state index < -0.39 is 20.0 Å². The molecule has 0 radical (unpaired) electrons. The van der Waals surface area contributed by atoms with Crippen molar-refractivity contribution in [3.05, 3.63) is 108 Å². The number of nitrogens with one attached hydrogen (secondary N) is 1. The van der Waals surface area contributed by atoms with E-state index in [-0.39, 0.29) is 40.9 Å². The van der Waals surface area contributed by atoms with Crippen molar-refractivity contribution in [1.29, 1.82) is 0 Å². The zero-order chi connectivity index (χ0) is 31.5. The summed E-state index contributed by atoms with van der Waals surface area (Å²) in [6.45, 7) is 4.30. The Bertz CT molecular complexity index is 2180. The molecule has 0 aliphatic carbocycles. The number of hydrogen-bond donors (Lipinski definition) is 2. The highest BCUT2D eigenvalue weighted by Gasteiger charge is 2.21. The van der Waals surface area contributed by atoms with E-state index in [0.717, 1.165) is 19.1 Å². The maximum Gasteiger partial charge on any atom is 0.269 e. The van der Waals surface area contributed by atoms with E-state index in [0.29, 0.717) is 34.5 Å². The molecule has 1 amide bonds. The summed E-state index contributed by atoms with van der Waals surface area (Å²) in [5.74, 6) is 0. The molecule has 0 aliphatic rings. The maximum atomic E-state index is 12.7. The van der Waals surface area contributed by atoms with Crippen molar-refractivity contribution in [3.63, 3.8) is 0 Å². The summed E-state index contributed by atoms with van der Waals surface area (Å²) >= 11 is 0. The fourth-order valence-electron chi connectivity index (χ4n) is 4.22. The Balaban J connectivity index is 0.000000201. The second-order valence-electron chi connectivity index (χ2n) is 9.70. The second-order valence-corrected chi connectivity index (χ2v) is 13.3. The van der Waals surface area contributed by atoms with Crippen LogP contribution in [0.15, 0.2) is 95.2 Å². The van der Waals surface area contributed by atoms with Gasteiger partial charge in [-0.05, 0) is 50.2 Å². The highest BCUT2D eigenvalue weighted by Crippen LogP contribution is 2.21. The number of benzene rings is 2. The molecule has 0 aliphatic heterocycles. The second kappa shape index (κ2) is 13.5. The molecule has 16 heteroatoms. The number of carbonyl (C=O) groups is 1. The molecule has 3 N–H and O–H groups in total. The van der Waals surface area contributed by atoms with Crippen LogP contribution in [0.25, 0.3) is 22.3 Å². The molecule has 0 unspecified atom stereocenters. The number of aromatic nitrogens is 6. The highest BCUT2D eigenvalue weighted by atomic mass is 35.5. The lowest BCUT2D eigenvalue weighted by molar-refractivity contribution is -0.109. The van der Waals surface area contributed by atoms with E-state index in [2.05, 4.69) is 25.3 Å². The fraction of sp³-hybridized carbons (Fsp3) is 0.138. The maximum absolute atomic E-state index is 12.7. The molecule has 0 saturated carbocycles. The number of halogens is 1. The Morgan fingerprint density at radius 1 is 0.711 bits per heavy atom. The third-order valence-electron chi connectivity index (χ3n) is 6.54. The zero-order valence-corrected chi connectivity index (χ0v) is 26.6. The first kappa shape index (κ1) is 33.2. The molecule has 45 heavy (non-hydrogen) atoms. The number of hydrogen-bond acceptors (Lipinski definition) is 10. The molecular formula is C29H29ClN8O5S2. The Kier molecular flexibility index (Phi) is 9.97. The van der Waals surface area contributed by atoms with Gasteiger partial charge in [0.1, 0.15) is 11.0 Å². The van der Waals surface area contributed by atoms with Gasteiger partial charge in [-0.1, -0.05) is 35.4 Å². The molecule has 234 valence electrons. The van der Waals surface area contributed by atoms with Crippen molar-refractivity contribution < 1.29 is 21.6 Å². The van der Waals surface area contributed by atoms with Crippen LogP contribution < -0.4 is 11.1 Å². The minimum atomic E-state index is -3.73. The van der Waals surface area contributed by atoms with Gasteiger partial charge in [0.25, 0.3) is 20.0 Å². The van der Waals surface area contributed by atoms with Crippen molar-refractivity contribution in [3.8, 4) is 0 Å². The van der Waals surface area contributed by atoms with Crippen LogP contribution in [0.5, 0.6) is 0 Å². The first-order valence-corrected chi connectivity index (χ1v) is 16.1. The molecule has 6 rings (SSSR count). The Labute approximate surface area is 265 Å². The monoisotopic (exact) mass is 668 g/mol. The lowest BCUT2D eigenvalue weighted by atomic mass is 10.2. The number of amides is 1. The average Bonchev–Trinajstić information content (AvgIpc) is 3.65. The summed E-state index contributed by atoms with van der Waals surface area (Å²) in [6, 6.07) is 16.5.